The molecule has 2 N–H and O–H groups in total. The van der Waals surface area contributed by atoms with E-state index >= 15 is 0 Å². The van der Waals surface area contributed by atoms with E-state index in [1.807, 2.05) is 17.5 Å². The number of aromatic nitrogens is 1. The molecule has 0 aliphatic carbocycles. The van der Waals surface area contributed by atoms with E-state index in [2.05, 4.69) is 19.8 Å². The number of aliphatic imine (C=N–C) groups is 1. The van der Waals surface area contributed by atoms with Crippen LogP contribution in [-0.2, 0) is 17.9 Å². The third-order valence-corrected chi connectivity index (χ3v) is 4.94. The summed E-state index contributed by atoms with van der Waals surface area (Å²) in [4.78, 5) is 13.2. The Balaban J connectivity index is 0.00000243. The normalized spacial score (nSPS) is 15.1. The molecule has 0 amide bonds. The summed E-state index contributed by atoms with van der Waals surface area (Å²) in [6, 6.07) is 6.59. The van der Waals surface area contributed by atoms with Gasteiger partial charge in [0.05, 0.1) is 18.8 Å². The minimum absolute atomic E-state index is 0. The molecule has 1 aliphatic rings. The van der Waals surface area contributed by atoms with Gasteiger partial charge in [0.15, 0.2) is 5.96 Å². The summed E-state index contributed by atoms with van der Waals surface area (Å²) in [5.41, 5.74) is 8.06. The smallest absolute Gasteiger partial charge is 0.191 e. The molecule has 9 heteroatoms. The first kappa shape index (κ1) is 20.8. The van der Waals surface area contributed by atoms with Gasteiger partial charge in [0.2, 0.25) is 0 Å². The van der Waals surface area contributed by atoms with Crippen LogP contribution in [0.3, 0.4) is 0 Å². The lowest BCUT2D eigenvalue weighted by Gasteiger charge is -2.36. The van der Waals surface area contributed by atoms with Crippen LogP contribution in [0, 0.1) is 5.82 Å². The molecule has 0 spiro atoms. The van der Waals surface area contributed by atoms with Crippen LogP contribution in [0.15, 0.2) is 34.6 Å². The summed E-state index contributed by atoms with van der Waals surface area (Å²) >= 11 is 1.57. The van der Waals surface area contributed by atoms with Gasteiger partial charge < -0.3 is 20.3 Å². The van der Waals surface area contributed by atoms with Gasteiger partial charge in [-0.1, -0.05) is 0 Å². The number of piperazine rings is 1. The van der Waals surface area contributed by atoms with Gasteiger partial charge in [0, 0.05) is 44.4 Å². The first-order valence-electron chi connectivity index (χ1n) is 8.13. The molecule has 26 heavy (non-hydrogen) atoms. The molecule has 0 unspecified atom stereocenters. The number of guanidine groups is 1. The third-order valence-electron chi connectivity index (χ3n) is 4.07. The summed E-state index contributed by atoms with van der Waals surface area (Å²) in [7, 11) is 1.66. The predicted molar refractivity (Wildman–Crippen MR) is 114 cm³/mol. The maximum absolute atomic E-state index is 13.0. The minimum Gasteiger partial charge on any atom is -0.378 e. The summed E-state index contributed by atoms with van der Waals surface area (Å²) in [6.45, 7) is 4.24. The standard InChI is InChI=1S/C17H22FN5OS.HI/c1-24-11-16-21-14(12-25-16)10-20-17(19)23-8-6-22(7-9-23)15-4-2-13(18)3-5-15;/h2-5,12H,6-11H2,1H3,(H2,19,20);1H. The molecule has 0 radical (unpaired) electrons. The summed E-state index contributed by atoms with van der Waals surface area (Å²) in [5, 5.41) is 2.93. The number of anilines is 1. The quantitative estimate of drug-likeness (QED) is 0.396. The van der Waals surface area contributed by atoms with Crippen LogP contribution in [0.2, 0.25) is 0 Å². The first-order chi connectivity index (χ1) is 12.2. The van der Waals surface area contributed by atoms with Gasteiger partial charge in [-0.3, -0.25) is 0 Å². The molecule has 1 saturated heterocycles. The number of hydrogen-bond acceptors (Lipinski definition) is 5. The summed E-state index contributed by atoms with van der Waals surface area (Å²) in [6.07, 6.45) is 0. The van der Waals surface area contributed by atoms with Gasteiger partial charge in [-0.15, -0.1) is 35.3 Å². The lowest BCUT2D eigenvalue weighted by molar-refractivity contribution is 0.184. The molecule has 0 saturated carbocycles. The van der Waals surface area contributed by atoms with E-state index < -0.39 is 0 Å². The van der Waals surface area contributed by atoms with Crippen molar-refractivity contribution in [3.63, 3.8) is 0 Å². The molecule has 1 fully saturated rings. The molecule has 0 bridgehead atoms. The lowest BCUT2D eigenvalue weighted by Crippen LogP contribution is -2.51. The van der Waals surface area contributed by atoms with E-state index in [0.717, 1.165) is 42.6 Å². The zero-order chi connectivity index (χ0) is 17.6. The van der Waals surface area contributed by atoms with Gasteiger partial charge in [0.25, 0.3) is 0 Å². The number of nitrogens with two attached hydrogens (primary N) is 1. The fourth-order valence-electron chi connectivity index (χ4n) is 2.72. The average Bonchev–Trinajstić information content (AvgIpc) is 3.08. The number of halogens is 2. The fraction of sp³-hybridized carbons (Fsp3) is 0.412. The van der Waals surface area contributed by atoms with Crippen molar-refractivity contribution in [3.05, 3.63) is 46.2 Å². The number of thiazole rings is 1. The molecule has 142 valence electrons. The molecule has 1 aromatic carbocycles. The molecular weight excluding hydrogens is 468 g/mol. The Hall–Kier alpha value is -1.46. The van der Waals surface area contributed by atoms with Gasteiger partial charge >= 0.3 is 0 Å². The highest BCUT2D eigenvalue weighted by atomic mass is 127. The Bertz CT molecular complexity index is 716. The zero-order valence-electron chi connectivity index (χ0n) is 14.6. The Morgan fingerprint density at radius 3 is 2.62 bits per heavy atom. The topological polar surface area (TPSA) is 67.0 Å². The largest absolute Gasteiger partial charge is 0.378 e. The SMILES string of the molecule is COCc1nc(CN=C(N)N2CCN(c3ccc(F)cc3)CC2)cs1.I. The monoisotopic (exact) mass is 491 g/mol. The van der Waals surface area contributed by atoms with Crippen LogP contribution in [0.4, 0.5) is 10.1 Å². The number of rotatable bonds is 5. The van der Waals surface area contributed by atoms with E-state index in [4.69, 9.17) is 10.5 Å². The van der Waals surface area contributed by atoms with E-state index in [9.17, 15) is 4.39 Å². The van der Waals surface area contributed by atoms with E-state index in [1.54, 1.807) is 18.4 Å². The van der Waals surface area contributed by atoms with E-state index in [1.165, 1.54) is 12.1 Å². The van der Waals surface area contributed by atoms with Crippen molar-refractivity contribution in [1.82, 2.24) is 9.88 Å². The fourth-order valence-corrected chi connectivity index (χ4v) is 3.47. The highest BCUT2D eigenvalue weighted by molar-refractivity contribution is 14.0. The van der Waals surface area contributed by atoms with Crippen molar-refractivity contribution in [3.8, 4) is 0 Å². The number of nitrogens with zero attached hydrogens (tertiary/aromatic N) is 4. The minimum atomic E-state index is -0.213. The van der Waals surface area contributed by atoms with Crippen molar-refractivity contribution in [2.45, 2.75) is 13.2 Å². The molecule has 1 aliphatic heterocycles. The predicted octanol–water partition coefficient (Wildman–Crippen LogP) is 2.68. The Morgan fingerprint density at radius 1 is 1.27 bits per heavy atom. The van der Waals surface area contributed by atoms with Crippen molar-refractivity contribution in [1.29, 1.82) is 0 Å². The summed E-state index contributed by atoms with van der Waals surface area (Å²) < 4.78 is 18.1. The summed E-state index contributed by atoms with van der Waals surface area (Å²) in [5.74, 6) is 0.328. The molecule has 1 aromatic heterocycles. The van der Waals surface area contributed by atoms with Crippen LogP contribution in [0.25, 0.3) is 0 Å². The number of methoxy groups -OCH3 is 1. The van der Waals surface area contributed by atoms with Gasteiger partial charge in [-0.2, -0.15) is 0 Å². The maximum Gasteiger partial charge on any atom is 0.191 e. The second kappa shape index (κ2) is 10.0. The molecule has 0 atom stereocenters. The van der Waals surface area contributed by atoms with Gasteiger partial charge in [-0.25, -0.2) is 14.4 Å². The third kappa shape index (κ3) is 5.52. The van der Waals surface area contributed by atoms with Gasteiger partial charge in [0.1, 0.15) is 10.8 Å². The second-order valence-electron chi connectivity index (χ2n) is 5.79. The molecular formula is C17H23FIN5OS. The van der Waals surface area contributed by atoms with Crippen molar-refractivity contribution in [2.75, 3.05) is 38.2 Å². The van der Waals surface area contributed by atoms with Crippen LogP contribution >= 0.6 is 35.3 Å². The highest BCUT2D eigenvalue weighted by Gasteiger charge is 2.18. The van der Waals surface area contributed by atoms with Crippen LogP contribution in [0.5, 0.6) is 0 Å². The van der Waals surface area contributed by atoms with E-state index in [0.29, 0.717) is 19.1 Å². The zero-order valence-corrected chi connectivity index (χ0v) is 17.7. The molecule has 6 nitrogen and oxygen atoms in total. The number of hydrogen-bond donors (Lipinski definition) is 1. The van der Waals surface area contributed by atoms with Crippen LogP contribution < -0.4 is 10.6 Å². The molecule has 2 heterocycles. The number of benzene rings is 1. The molecule has 3 rings (SSSR count). The Kier molecular flexibility index (Phi) is 8.04. The molecule has 2 aromatic rings. The number of ether oxygens (including phenoxy) is 1. The Morgan fingerprint density at radius 2 is 1.96 bits per heavy atom. The van der Waals surface area contributed by atoms with Crippen LogP contribution in [-0.4, -0.2) is 49.1 Å². The van der Waals surface area contributed by atoms with Crippen molar-refractivity contribution in [2.24, 2.45) is 10.7 Å². The lowest BCUT2D eigenvalue weighted by atomic mass is 10.2. The van der Waals surface area contributed by atoms with Gasteiger partial charge in [-0.05, 0) is 24.3 Å². The van der Waals surface area contributed by atoms with Crippen molar-refractivity contribution < 1.29 is 9.13 Å². The highest BCUT2D eigenvalue weighted by Crippen LogP contribution is 2.17. The second-order valence-corrected chi connectivity index (χ2v) is 6.73. The first-order valence-corrected chi connectivity index (χ1v) is 9.01. The van der Waals surface area contributed by atoms with E-state index in [-0.39, 0.29) is 29.8 Å². The maximum atomic E-state index is 13.0. The average molecular weight is 491 g/mol. The van der Waals surface area contributed by atoms with Crippen LogP contribution in [0.1, 0.15) is 10.7 Å². The Labute approximate surface area is 173 Å². The van der Waals surface area contributed by atoms with Crippen molar-refractivity contribution >= 4 is 47.0 Å².